The molecule has 3 aromatic heterocycles. The Morgan fingerprint density at radius 1 is 1.19 bits per heavy atom. The van der Waals surface area contributed by atoms with Crippen LogP contribution >= 0.6 is 11.3 Å². The van der Waals surface area contributed by atoms with Gasteiger partial charge in [-0.15, -0.1) is 11.3 Å². The number of carbonyl (C=O) groups excluding carboxylic acids is 1. The Morgan fingerprint density at radius 2 is 1.96 bits per heavy atom. The van der Waals surface area contributed by atoms with E-state index in [1.165, 1.54) is 4.90 Å². The van der Waals surface area contributed by atoms with Gasteiger partial charge in [0.05, 0.1) is 39.6 Å². The molecule has 6 heterocycles. The van der Waals surface area contributed by atoms with Crippen LogP contribution in [0.3, 0.4) is 0 Å². The molecule has 0 aliphatic carbocycles. The molecule has 2 N–H and O–H groups in total. The summed E-state index contributed by atoms with van der Waals surface area (Å²) in [6, 6.07) is 5.12. The Kier molecular flexibility index (Phi) is 8.45. The first kappa shape index (κ1) is 35.9. The van der Waals surface area contributed by atoms with Crippen molar-refractivity contribution >= 4 is 49.1 Å². The Hall–Kier alpha value is -5.15. The number of benzene rings is 2. The summed E-state index contributed by atoms with van der Waals surface area (Å²) in [4.78, 5) is 26.8. The lowest BCUT2D eigenvalue weighted by atomic mass is 9.92. The quantitative estimate of drug-likeness (QED) is 0.188. The van der Waals surface area contributed by atoms with Crippen LogP contribution in [-0.2, 0) is 12.7 Å². The molecule has 0 bridgehead atoms. The van der Waals surface area contributed by atoms with Gasteiger partial charge in [0.1, 0.15) is 41.0 Å². The van der Waals surface area contributed by atoms with Crippen LogP contribution in [0.4, 0.5) is 37.2 Å². The molecule has 3 aliphatic rings. The van der Waals surface area contributed by atoms with Crippen LogP contribution in [0.25, 0.3) is 32.1 Å². The highest BCUT2D eigenvalue weighted by atomic mass is 32.1. The van der Waals surface area contributed by atoms with Gasteiger partial charge in [-0.05, 0) is 50.1 Å². The number of hydrogen-bond acceptors (Lipinski definition) is 10. The number of halogens is 6. The standard InChI is InChI=1S/C36H33F6N9O2S/c1-17-25-12-24(33(52)48(2)3)47-51(25)10-9-50(17)32-20-11-22(36(40,41)42)27(19-5-6-23(38)30-26(19)21(14-43)31(44)54-30)28(39)29(20)45-34(46-32)53-16-35-7-4-8-49(35)15-18(37)13-35/h5-6,11-12,17-18H,4,7-10,13,15-16,44H2,1-3H3. The van der Waals surface area contributed by atoms with Crippen molar-refractivity contribution in [1.29, 1.82) is 5.26 Å². The van der Waals surface area contributed by atoms with Crippen LogP contribution in [0, 0.1) is 23.0 Å². The van der Waals surface area contributed by atoms with Gasteiger partial charge in [-0.25, -0.2) is 13.2 Å². The number of nitrogen functional groups attached to an aromatic ring is 1. The van der Waals surface area contributed by atoms with E-state index in [9.17, 15) is 14.4 Å². The van der Waals surface area contributed by atoms with Crippen molar-refractivity contribution in [3.8, 4) is 23.2 Å². The summed E-state index contributed by atoms with van der Waals surface area (Å²) in [6.07, 6.45) is -4.53. The lowest BCUT2D eigenvalue weighted by Crippen LogP contribution is -2.43. The van der Waals surface area contributed by atoms with Gasteiger partial charge in [-0.1, -0.05) is 6.07 Å². The Morgan fingerprint density at radius 3 is 2.69 bits per heavy atom. The zero-order valence-corrected chi connectivity index (χ0v) is 30.1. The molecular formula is C36H33F6N9O2S. The molecule has 2 aromatic carbocycles. The largest absolute Gasteiger partial charge is 0.461 e. The topological polar surface area (TPSA) is 129 Å². The van der Waals surface area contributed by atoms with Crippen LogP contribution in [0.15, 0.2) is 24.3 Å². The number of hydrogen-bond donors (Lipinski definition) is 1. The van der Waals surface area contributed by atoms with Gasteiger partial charge >= 0.3 is 12.2 Å². The second-order valence-corrected chi connectivity index (χ2v) is 15.3. The SMILES string of the molecule is CC1c2cc(C(=O)N(C)C)nn2CCN1c1nc(OCC23CCCN2CC(F)C3)nc2c(F)c(-c3ccc(F)c4sc(N)c(C#N)c34)c(C(F)(F)F)cc12. The van der Waals surface area contributed by atoms with Gasteiger partial charge in [0.15, 0.2) is 11.5 Å². The molecule has 0 spiro atoms. The van der Waals surface area contributed by atoms with Gasteiger partial charge < -0.3 is 20.3 Å². The minimum atomic E-state index is -5.14. The number of aromatic nitrogens is 4. The number of nitrogens with two attached hydrogens (primary N) is 1. The van der Waals surface area contributed by atoms with E-state index in [1.54, 1.807) is 36.7 Å². The van der Waals surface area contributed by atoms with Crippen molar-refractivity contribution in [2.45, 2.75) is 56.7 Å². The first-order valence-corrected chi connectivity index (χ1v) is 18.0. The van der Waals surface area contributed by atoms with E-state index in [-0.39, 0.29) is 87.7 Å². The van der Waals surface area contributed by atoms with E-state index in [4.69, 9.17) is 10.5 Å². The summed E-state index contributed by atoms with van der Waals surface area (Å²) in [5.41, 5.74) is 2.56. The fourth-order valence-corrected chi connectivity index (χ4v) is 9.19. The second-order valence-electron chi connectivity index (χ2n) is 14.2. The van der Waals surface area contributed by atoms with Gasteiger partial charge in [-0.2, -0.15) is 33.5 Å². The third-order valence-corrected chi connectivity index (χ3v) is 11.8. The summed E-state index contributed by atoms with van der Waals surface area (Å²) in [7, 11) is 3.17. The summed E-state index contributed by atoms with van der Waals surface area (Å²) in [5, 5.41) is 13.6. The number of fused-ring (bicyclic) bond motifs is 4. The number of thiophene rings is 1. The molecule has 54 heavy (non-hydrogen) atoms. The van der Waals surface area contributed by atoms with E-state index < -0.39 is 52.2 Å². The van der Waals surface area contributed by atoms with E-state index in [1.807, 2.05) is 11.0 Å². The molecule has 3 aliphatic heterocycles. The summed E-state index contributed by atoms with van der Waals surface area (Å²) in [5.74, 6) is -2.64. The molecule has 2 saturated heterocycles. The molecule has 5 aromatic rings. The maximum Gasteiger partial charge on any atom is 0.417 e. The van der Waals surface area contributed by atoms with Crippen molar-refractivity contribution in [3.05, 3.63) is 58.4 Å². The number of ether oxygens (including phenoxy) is 1. The van der Waals surface area contributed by atoms with Crippen molar-refractivity contribution in [1.82, 2.24) is 29.5 Å². The van der Waals surface area contributed by atoms with Crippen LogP contribution in [-0.4, -0.2) is 87.5 Å². The van der Waals surface area contributed by atoms with Crippen LogP contribution in [0.5, 0.6) is 6.01 Å². The fraction of sp³-hybridized carbons (Fsp3) is 0.417. The monoisotopic (exact) mass is 769 g/mol. The van der Waals surface area contributed by atoms with Gasteiger partial charge in [-0.3, -0.25) is 14.4 Å². The summed E-state index contributed by atoms with van der Waals surface area (Å²) in [6.45, 7) is 3.01. The Labute approximate surface area is 308 Å². The van der Waals surface area contributed by atoms with Gasteiger partial charge in [0.2, 0.25) is 0 Å². The molecule has 3 atom stereocenters. The highest BCUT2D eigenvalue weighted by Crippen LogP contribution is 2.49. The van der Waals surface area contributed by atoms with E-state index >= 15 is 22.0 Å². The molecule has 3 unspecified atom stereocenters. The Balaban J connectivity index is 1.34. The number of anilines is 2. The van der Waals surface area contributed by atoms with Gasteiger partial charge in [0, 0.05) is 49.9 Å². The molecule has 2 fully saturated rings. The first-order valence-electron chi connectivity index (χ1n) is 17.2. The van der Waals surface area contributed by atoms with Crippen LogP contribution in [0.2, 0.25) is 0 Å². The maximum absolute atomic E-state index is 17.3. The average Bonchev–Trinajstić information content (AvgIpc) is 3.88. The number of nitrogens with zero attached hydrogens (tertiary/aromatic N) is 8. The van der Waals surface area contributed by atoms with Crippen molar-refractivity contribution in [2.75, 3.05) is 51.0 Å². The van der Waals surface area contributed by atoms with Crippen LogP contribution in [0.1, 0.15) is 59.5 Å². The van der Waals surface area contributed by atoms with E-state index in [2.05, 4.69) is 15.1 Å². The molecule has 1 amide bonds. The van der Waals surface area contributed by atoms with Crippen molar-refractivity contribution in [3.63, 3.8) is 0 Å². The molecule has 8 rings (SSSR count). The minimum absolute atomic E-state index is 0.0376. The molecule has 282 valence electrons. The smallest absolute Gasteiger partial charge is 0.417 e. The third-order valence-electron chi connectivity index (χ3n) is 10.8. The zero-order chi connectivity index (χ0) is 38.4. The summed E-state index contributed by atoms with van der Waals surface area (Å²) < 4.78 is 99.9. The molecule has 0 radical (unpaired) electrons. The minimum Gasteiger partial charge on any atom is -0.461 e. The number of nitriles is 1. The number of rotatable bonds is 6. The highest BCUT2D eigenvalue weighted by Gasteiger charge is 2.49. The van der Waals surface area contributed by atoms with Crippen molar-refractivity contribution < 1.29 is 35.9 Å². The Bertz CT molecular complexity index is 2410. The predicted molar refractivity (Wildman–Crippen MR) is 189 cm³/mol. The second kappa shape index (κ2) is 12.7. The first-order chi connectivity index (χ1) is 25.6. The predicted octanol–water partition coefficient (Wildman–Crippen LogP) is 6.70. The lowest BCUT2D eigenvalue weighted by Gasteiger charge is -2.36. The third kappa shape index (κ3) is 5.58. The zero-order valence-electron chi connectivity index (χ0n) is 29.3. The average molecular weight is 770 g/mol. The molecule has 0 saturated carbocycles. The lowest BCUT2D eigenvalue weighted by molar-refractivity contribution is -0.137. The van der Waals surface area contributed by atoms with E-state index in [0.717, 1.165) is 24.6 Å². The number of amides is 1. The molecule has 18 heteroatoms. The number of alkyl halides is 4. The van der Waals surface area contributed by atoms with Crippen LogP contribution < -0.4 is 15.4 Å². The molecular weight excluding hydrogens is 737 g/mol. The van der Waals surface area contributed by atoms with Crippen molar-refractivity contribution in [2.24, 2.45) is 0 Å². The van der Waals surface area contributed by atoms with Gasteiger partial charge in [0.25, 0.3) is 5.91 Å². The fourth-order valence-electron chi connectivity index (χ4n) is 8.24. The number of carbonyl (C=O) groups is 1. The summed E-state index contributed by atoms with van der Waals surface area (Å²) >= 11 is 0.673. The maximum atomic E-state index is 17.3. The van der Waals surface area contributed by atoms with E-state index in [0.29, 0.717) is 30.0 Å². The highest BCUT2D eigenvalue weighted by molar-refractivity contribution is 7.23. The normalized spacial score (nSPS) is 21.4. The molecule has 11 nitrogen and oxygen atoms in total.